The zero-order chi connectivity index (χ0) is 15.6. The molecule has 6 heteroatoms. The summed E-state index contributed by atoms with van der Waals surface area (Å²) in [6.07, 6.45) is 7.88. The lowest BCUT2D eigenvalue weighted by molar-refractivity contribution is -0.190. The number of anilines is 2. The van der Waals surface area contributed by atoms with Gasteiger partial charge in [-0.05, 0) is 18.8 Å². The first-order valence-corrected chi connectivity index (χ1v) is 8.12. The lowest BCUT2D eigenvalue weighted by Gasteiger charge is -2.34. The SMILES string of the molecule is CC1CCC2(CC1)OCC(CNc1nccnc1N(C)C)O2. The molecule has 0 radical (unpaired) electrons. The molecule has 2 fully saturated rings. The van der Waals surface area contributed by atoms with E-state index < -0.39 is 0 Å². The highest BCUT2D eigenvalue weighted by Gasteiger charge is 2.43. The molecule has 2 aliphatic rings. The van der Waals surface area contributed by atoms with Crippen LogP contribution in [0.3, 0.4) is 0 Å². The van der Waals surface area contributed by atoms with Crippen LogP contribution in [0.1, 0.15) is 32.6 Å². The van der Waals surface area contributed by atoms with Gasteiger partial charge in [0, 0.05) is 45.9 Å². The number of rotatable bonds is 4. The van der Waals surface area contributed by atoms with Gasteiger partial charge in [-0.1, -0.05) is 6.92 Å². The quantitative estimate of drug-likeness (QED) is 0.921. The van der Waals surface area contributed by atoms with Crippen molar-refractivity contribution in [1.82, 2.24) is 9.97 Å². The molecule has 1 spiro atoms. The molecule has 0 bridgehead atoms. The van der Waals surface area contributed by atoms with Crippen molar-refractivity contribution in [3.8, 4) is 0 Å². The van der Waals surface area contributed by atoms with Gasteiger partial charge in [-0.15, -0.1) is 0 Å². The van der Waals surface area contributed by atoms with E-state index in [9.17, 15) is 0 Å². The van der Waals surface area contributed by atoms with Gasteiger partial charge in [0.15, 0.2) is 17.4 Å². The lowest BCUT2D eigenvalue weighted by Crippen LogP contribution is -2.36. The van der Waals surface area contributed by atoms with Crippen molar-refractivity contribution < 1.29 is 9.47 Å². The summed E-state index contributed by atoms with van der Waals surface area (Å²) < 4.78 is 12.2. The minimum Gasteiger partial charge on any atom is -0.364 e. The Morgan fingerprint density at radius 3 is 2.73 bits per heavy atom. The number of nitrogens with one attached hydrogen (secondary N) is 1. The highest BCUT2D eigenvalue weighted by atomic mass is 16.7. The lowest BCUT2D eigenvalue weighted by atomic mass is 9.86. The van der Waals surface area contributed by atoms with E-state index in [0.29, 0.717) is 13.2 Å². The molecular weight excluding hydrogens is 280 g/mol. The Kier molecular flexibility index (Phi) is 4.49. The minimum atomic E-state index is -0.328. The first-order chi connectivity index (χ1) is 10.6. The van der Waals surface area contributed by atoms with Crippen LogP contribution in [0.25, 0.3) is 0 Å². The van der Waals surface area contributed by atoms with Gasteiger partial charge in [0.05, 0.1) is 6.61 Å². The predicted molar refractivity (Wildman–Crippen MR) is 86.0 cm³/mol. The third-order valence-electron chi connectivity index (χ3n) is 4.55. The van der Waals surface area contributed by atoms with Crippen molar-refractivity contribution in [2.75, 3.05) is 37.5 Å². The standard InChI is InChI=1S/C16H26N4O2/c1-12-4-6-16(7-5-12)21-11-13(22-16)10-19-14-15(20(2)3)18-9-8-17-14/h8-9,12-13H,4-7,10-11H2,1-3H3,(H,17,19). The van der Waals surface area contributed by atoms with E-state index >= 15 is 0 Å². The zero-order valence-electron chi connectivity index (χ0n) is 13.7. The molecule has 22 heavy (non-hydrogen) atoms. The maximum atomic E-state index is 6.21. The van der Waals surface area contributed by atoms with Crippen molar-refractivity contribution >= 4 is 11.6 Å². The van der Waals surface area contributed by atoms with Crippen LogP contribution in [0.5, 0.6) is 0 Å². The highest BCUT2D eigenvalue weighted by Crippen LogP contribution is 2.39. The Hall–Kier alpha value is -1.40. The number of aromatic nitrogens is 2. The average molecular weight is 306 g/mol. The third-order valence-corrected chi connectivity index (χ3v) is 4.55. The monoisotopic (exact) mass is 306 g/mol. The van der Waals surface area contributed by atoms with E-state index in [-0.39, 0.29) is 11.9 Å². The molecule has 1 saturated carbocycles. The van der Waals surface area contributed by atoms with Crippen LogP contribution < -0.4 is 10.2 Å². The normalized spacial score (nSPS) is 31.4. The Bertz CT molecular complexity index is 501. The van der Waals surface area contributed by atoms with Gasteiger partial charge in [-0.3, -0.25) is 0 Å². The summed E-state index contributed by atoms with van der Waals surface area (Å²) in [4.78, 5) is 10.7. The molecule has 2 heterocycles. The Balaban J connectivity index is 1.55. The van der Waals surface area contributed by atoms with Gasteiger partial charge in [0.25, 0.3) is 0 Å². The molecule has 0 aromatic carbocycles. The third kappa shape index (κ3) is 3.33. The largest absolute Gasteiger partial charge is 0.364 e. The molecule has 1 atom stereocenters. The van der Waals surface area contributed by atoms with Crippen molar-refractivity contribution in [2.24, 2.45) is 5.92 Å². The summed E-state index contributed by atoms with van der Waals surface area (Å²) in [6, 6.07) is 0. The van der Waals surface area contributed by atoms with E-state index in [1.54, 1.807) is 12.4 Å². The summed E-state index contributed by atoms with van der Waals surface area (Å²) in [5, 5.41) is 3.35. The second-order valence-corrected chi connectivity index (χ2v) is 6.65. The summed E-state index contributed by atoms with van der Waals surface area (Å²) in [6.45, 7) is 3.65. The van der Waals surface area contributed by atoms with Gasteiger partial charge in [0.2, 0.25) is 0 Å². The molecular formula is C16H26N4O2. The molecule has 3 rings (SSSR count). The van der Waals surface area contributed by atoms with Gasteiger partial charge in [0.1, 0.15) is 6.10 Å². The van der Waals surface area contributed by atoms with Gasteiger partial charge < -0.3 is 19.7 Å². The minimum absolute atomic E-state index is 0.0745. The number of hydrogen-bond donors (Lipinski definition) is 1. The van der Waals surface area contributed by atoms with Gasteiger partial charge in [-0.2, -0.15) is 0 Å². The fraction of sp³-hybridized carbons (Fsp3) is 0.750. The van der Waals surface area contributed by atoms with Crippen LogP contribution in [0, 0.1) is 5.92 Å². The van der Waals surface area contributed by atoms with Crippen molar-refractivity contribution in [3.63, 3.8) is 0 Å². The Morgan fingerprint density at radius 2 is 2.00 bits per heavy atom. The number of nitrogens with zero attached hydrogens (tertiary/aromatic N) is 3. The molecule has 122 valence electrons. The molecule has 0 amide bonds. The van der Waals surface area contributed by atoms with Gasteiger partial charge >= 0.3 is 0 Å². The smallest absolute Gasteiger partial charge is 0.171 e. The van der Waals surface area contributed by atoms with Gasteiger partial charge in [-0.25, -0.2) is 9.97 Å². The zero-order valence-corrected chi connectivity index (χ0v) is 13.7. The van der Waals surface area contributed by atoms with Crippen molar-refractivity contribution in [2.45, 2.75) is 44.5 Å². The second kappa shape index (κ2) is 6.38. The van der Waals surface area contributed by atoms with Crippen LogP contribution in [0.4, 0.5) is 11.6 Å². The molecule has 1 aromatic rings. The first kappa shape index (κ1) is 15.5. The Morgan fingerprint density at radius 1 is 1.27 bits per heavy atom. The van der Waals surface area contributed by atoms with Crippen LogP contribution in [0.15, 0.2) is 12.4 Å². The average Bonchev–Trinajstić information content (AvgIpc) is 2.92. The number of ether oxygens (including phenoxy) is 2. The van der Waals surface area contributed by atoms with Crippen LogP contribution >= 0.6 is 0 Å². The summed E-state index contributed by atoms with van der Waals surface area (Å²) in [5.41, 5.74) is 0. The fourth-order valence-corrected chi connectivity index (χ4v) is 3.17. The fourth-order valence-electron chi connectivity index (χ4n) is 3.17. The Labute approximate surface area is 132 Å². The number of hydrogen-bond acceptors (Lipinski definition) is 6. The summed E-state index contributed by atoms with van der Waals surface area (Å²) in [5.74, 6) is 2.08. The summed E-state index contributed by atoms with van der Waals surface area (Å²) in [7, 11) is 3.92. The van der Waals surface area contributed by atoms with E-state index in [1.165, 1.54) is 12.8 Å². The molecule has 1 saturated heterocycles. The first-order valence-electron chi connectivity index (χ1n) is 8.12. The molecule has 1 aliphatic carbocycles. The maximum absolute atomic E-state index is 6.21. The van der Waals surface area contributed by atoms with Crippen LogP contribution in [0.2, 0.25) is 0 Å². The van der Waals surface area contributed by atoms with Crippen LogP contribution in [-0.4, -0.2) is 49.1 Å². The molecule has 1 aromatic heterocycles. The highest BCUT2D eigenvalue weighted by molar-refractivity contribution is 5.59. The molecule has 1 unspecified atom stereocenters. The summed E-state index contributed by atoms with van der Waals surface area (Å²) >= 11 is 0. The molecule has 1 aliphatic heterocycles. The predicted octanol–water partition coefficient (Wildman–Crippen LogP) is 2.28. The van der Waals surface area contributed by atoms with E-state index in [1.807, 2.05) is 19.0 Å². The van der Waals surface area contributed by atoms with Crippen molar-refractivity contribution in [3.05, 3.63) is 12.4 Å². The van der Waals surface area contributed by atoms with Crippen LogP contribution in [-0.2, 0) is 9.47 Å². The molecule has 1 N–H and O–H groups in total. The topological polar surface area (TPSA) is 59.5 Å². The van der Waals surface area contributed by atoms with E-state index in [2.05, 4.69) is 22.2 Å². The van der Waals surface area contributed by atoms with Crippen molar-refractivity contribution in [1.29, 1.82) is 0 Å². The van der Waals surface area contributed by atoms with E-state index in [4.69, 9.17) is 9.47 Å². The molecule has 6 nitrogen and oxygen atoms in total. The van der Waals surface area contributed by atoms with E-state index in [0.717, 1.165) is 30.4 Å². The second-order valence-electron chi connectivity index (χ2n) is 6.65. The maximum Gasteiger partial charge on any atom is 0.171 e.